The molecule has 1 fully saturated rings. The molecule has 2 aliphatic rings. The van der Waals surface area contributed by atoms with Crippen LogP contribution in [0, 0.1) is 0 Å². The number of rotatable bonds is 3. The van der Waals surface area contributed by atoms with Crippen molar-refractivity contribution in [1.82, 2.24) is 14.9 Å². The second-order valence-electron chi connectivity index (χ2n) is 5.99. The van der Waals surface area contributed by atoms with Crippen LogP contribution in [0.2, 0.25) is 0 Å². The number of benzene rings is 1. The van der Waals surface area contributed by atoms with Crippen LogP contribution in [-0.4, -0.2) is 50.8 Å². The first-order valence-electron chi connectivity index (χ1n) is 7.53. The Balaban J connectivity index is 0.00000208. The third-order valence-corrected chi connectivity index (χ3v) is 5.93. The first kappa shape index (κ1) is 18.9. The van der Waals surface area contributed by atoms with Crippen molar-refractivity contribution >= 4 is 34.2 Å². The Morgan fingerprint density at radius 1 is 1.21 bits per heavy atom. The fourth-order valence-electron chi connectivity index (χ4n) is 2.98. The molecule has 132 valence electrons. The molecular formula is C15H20ClN3O4S. The predicted molar refractivity (Wildman–Crippen MR) is 90.9 cm³/mol. The van der Waals surface area contributed by atoms with Crippen molar-refractivity contribution in [3.8, 4) is 0 Å². The molecule has 1 aromatic rings. The lowest BCUT2D eigenvalue weighted by molar-refractivity contribution is 0.0693. The van der Waals surface area contributed by atoms with Gasteiger partial charge >= 0.3 is 0 Å². The summed E-state index contributed by atoms with van der Waals surface area (Å²) in [5.41, 5.74) is 0.374. The molecule has 2 N–H and O–H groups in total. The van der Waals surface area contributed by atoms with E-state index in [1.165, 1.54) is 25.2 Å². The van der Waals surface area contributed by atoms with Crippen LogP contribution in [-0.2, 0) is 10.0 Å². The minimum absolute atomic E-state index is 0. The SMILES string of the molecule is CC1NCCCC1NS(=O)(=O)c1ccc2c(c1)C(=O)N(C)C2=O.Cl. The molecule has 9 heteroatoms. The highest BCUT2D eigenvalue weighted by atomic mass is 35.5. The normalized spacial score (nSPS) is 23.8. The Hall–Kier alpha value is -1.48. The molecule has 0 bridgehead atoms. The maximum absolute atomic E-state index is 12.6. The molecule has 0 radical (unpaired) electrons. The Labute approximate surface area is 147 Å². The van der Waals surface area contributed by atoms with Crippen molar-refractivity contribution in [2.45, 2.75) is 36.7 Å². The topological polar surface area (TPSA) is 95.6 Å². The van der Waals surface area contributed by atoms with E-state index in [0.29, 0.717) is 0 Å². The maximum Gasteiger partial charge on any atom is 0.261 e. The highest BCUT2D eigenvalue weighted by Gasteiger charge is 2.34. The van der Waals surface area contributed by atoms with Gasteiger partial charge in [0.2, 0.25) is 10.0 Å². The average molecular weight is 374 g/mol. The minimum Gasteiger partial charge on any atom is -0.313 e. The molecule has 2 atom stereocenters. The van der Waals surface area contributed by atoms with Gasteiger partial charge in [-0.2, -0.15) is 0 Å². The van der Waals surface area contributed by atoms with Gasteiger partial charge in [0.15, 0.2) is 0 Å². The van der Waals surface area contributed by atoms with Gasteiger partial charge in [-0.25, -0.2) is 13.1 Å². The van der Waals surface area contributed by atoms with Crippen molar-refractivity contribution in [1.29, 1.82) is 0 Å². The number of carbonyl (C=O) groups is 2. The molecule has 1 saturated heterocycles. The van der Waals surface area contributed by atoms with E-state index in [1.54, 1.807) is 0 Å². The highest BCUT2D eigenvalue weighted by molar-refractivity contribution is 7.89. The summed E-state index contributed by atoms with van der Waals surface area (Å²) in [6, 6.07) is 3.90. The number of piperidine rings is 1. The summed E-state index contributed by atoms with van der Waals surface area (Å²) in [5, 5.41) is 3.23. The lowest BCUT2D eigenvalue weighted by Gasteiger charge is -2.30. The zero-order valence-corrected chi connectivity index (χ0v) is 15.0. The molecule has 0 saturated carbocycles. The molecule has 0 aromatic heterocycles. The first-order valence-corrected chi connectivity index (χ1v) is 9.02. The number of sulfonamides is 1. The number of halogens is 1. The number of imide groups is 1. The van der Waals surface area contributed by atoms with Crippen LogP contribution < -0.4 is 10.0 Å². The predicted octanol–water partition coefficient (Wildman–Crippen LogP) is 0.753. The second-order valence-corrected chi connectivity index (χ2v) is 7.70. The van der Waals surface area contributed by atoms with Crippen LogP contribution in [0.15, 0.2) is 23.1 Å². The van der Waals surface area contributed by atoms with Crippen molar-refractivity contribution in [3.63, 3.8) is 0 Å². The van der Waals surface area contributed by atoms with Gasteiger partial charge in [-0.3, -0.25) is 14.5 Å². The first-order chi connectivity index (χ1) is 10.8. The van der Waals surface area contributed by atoms with E-state index in [9.17, 15) is 18.0 Å². The zero-order chi connectivity index (χ0) is 16.8. The van der Waals surface area contributed by atoms with E-state index in [1.807, 2.05) is 6.92 Å². The van der Waals surface area contributed by atoms with Gasteiger partial charge in [0.05, 0.1) is 16.0 Å². The van der Waals surface area contributed by atoms with E-state index in [4.69, 9.17) is 0 Å². The molecule has 2 aliphatic heterocycles. The largest absolute Gasteiger partial charge is 0.313 e. The number of carbonyl (C=O) groups excluding carboxylic acids is 2. The number of hydrogen-bond donors (Lipinski definition) is 2. The average Bonchev–Trinajstić information content (AvgIpc) is 2.74. The summed E-state index contributed by atoms with van der Waals surface area (Å²) in [6.07, 6.45) is 1.66. The van der Waals surface area contributed by atoms with Crippen LogP contribution in [0.1, 0.15) is 40.5 Å². The van der Waals surface area contributed by atoms with Crippen LogP contribution in [0.3, 0.4) is 0 Å². The second kappa shape index (κ2) is 6.79. The number of amides is 2. The number of fused-ring (bicyclic) bond motifs is 1. The fourth-order valence-corrected chi connectivity index (χ4v) is 4.36. The summed E-state index contributed by atoms with van der Waals surface area (Å²) in [4.78, 5) is 24.9. The van der Waals surface area contributed by atoms with E-state index in [-0.39, 0.29) is 40.5 Å². The van der Waals surface area contributed by atoms with Gasteiger partial charge in [0.25, 0.3) is 11.8 Å². The molecule has 0 aliphatic carbocycles. The lowest BCUT2D eigenvalue weighted by atomic mass is 10.0. The molecule has 1 aromatic carbocycles. The molecule has 7 nitrogen and oxygen atoms in total. The van der Waals surface area contributed by atoms with E-state index < -0.39 is 21.8 Å². The van der Waals surface area contributed by atoms with Gasteiger partial charge in [-0.15, -0.1) is 12.4 Å². The van der Waals surface area contributed by atoms with Crippen molar-refractivity contribution in [3.05, 3.63) is 29.3 Å². The molecule has 2 amide bonds. The quantitative estimate of drug-likeness (QED) is 0.762. The summed E-state index contributed by atoms with van der Waals surface area (Å²) in [7, 11) is -2.36. The molecule has 24 heavy (non-hydrogen) atoms. The lowest BCUT2D eigenvalue weighted by Crippen LogP contribution is -2.51. The van der Waals surface area contributed by atoms with Crippen LogP contribution in [0.5, 0.6) is 0 Å². The highest BCUT2D eigenvalue weighted by Crippen LogP contribution is 2.25. The van der Waals surface area contributed by atoms with E-state index in [2.05, 4.69) is 10.0 Å². The maximum atomic E-state index is 12.6. The molecular weight excluding hydrogens is 354 g/mol. The van der Waals surface area contributed by atoms with Crippen LogP contribution in [0.4, 0.5) is 0 Å². The zero-order valence-electron chi connectivity index (χ0n) is 13.4. The Bertz CT molecular complexity index is 781. The van der Waals surface area contributed by atoms with Gasteiger partial charge in [-0.1, -0.05) is 0 Å². The molecule has 2 unspecified atom stereocenters. The van der Waals surface area contributed by atoms with E-state index >= 15 is 0 Å². The summed E-state index contributed by atoms with van der Waals surface area (Å²) < 4.78 is 27.8. The van der Waals surface area contributed by atoms with Crippen LogP contribution >= 0.6 is 12.4 Å². The number of hydrogen-bond acceptors (Lipinski definition) is 5. The monoisotopic (exact) mass is 373 g/mol. The van der Waals surface area contributed by atoms with Gasteiger partial charge < -0.3 is 5.32 Å². The third-order valence-electron chi connectivity index (χ3n) is 4.44. The van der Waals surface area contributed by atoms with E-state index in [0.717, 1.165) is 24.3 Å². The standard InChI is InChI=1S/C15H19N3O4S.ClH/c1-9-13(4-3-7-16-9)17-23(21,22)10-5-6-11-12(8-10)15(20)18(2)14(11)19;/h5-6,8-9,13,16-17H,3-4,7H2,1-2H3;1H. The van der Waals surface area contributed by atoms with Crippen molar-refractivity contribution in [2.75, 3.05) is 13.6 Å². The molecule has 2 heterocycles. The Morgan fingerprint density at radius 2 is 1.88 bits per heavy atom. The molecule has 3 rings (SSSR count). The van der Waals surface area contributed by atoms with Crippen LogP contribution in [0.25, 0.3) is 0 Å². The van der Waals surface area contributed by atoms with Gasteiger partial charge in [0.1, 0.15) is 0 Å². The third kappa shape index (κ3) is 3.19. The summed E-state index contributed by atoms with van der Waals surface area (Å²) >= 11 is 0. The number of nitrogens with one attached hydrogen (secondary N) is 2. The number of nitrogens with zero attached hydrogens (tertiary/aromatic N) is 1. The smallest absolute Gasteiger partial charge is 0.261 e. The fraction of sp³-hybridized carbons (Fsp3) is 0.467. The molecule has 0 spiro atoms. The summed E-state index contributed by atoms with van der Waals surface area (Å²) in [6.45, 7) is 2.81. The summed E-state index contributed by atoms with van der Waals surface area (Å²) in [5.74, 6) is -0.887. The van der Waals surface area contributed by atoms with Crippen molar-refractivity contribution in [2.24, 2.45) is 0 Å². The Kier molecular flexibility index (Phi) is 5.34. The minimum atomic E-state index is -3.74. The van der Waals surface area contributed by atoms with Crippen molar-refractivity contribution < 1.29 is 18.0 Å². The van der Waals surface area contributed by atoms with Gasteiger partial charge in [-0.05, 0) is 44.5 Å². The van der Waals surface area contributed by atoms with Gasteiger partial charge in [0, 0.05) is 19.1 Å². The Morgan fingerprint density at radius 3 is 2.54 bits per heavy atom.